The van der Waals surface area contributed by atoms with Gasteiger partial charge in [-0.1, -0.05) is 29.0 Å². The molecule has 10 heteroatoms. The first-order chi connectivity index (χ1) is 14.3. The average Bonchev–Trinajstić information content (AvgIpc) is 3.36. The van der Waals surface area contributed by atoms with Crippen LogP contribution in [0.3, 0.4) is 0 Å². The van der Waals surface area contributed by atoms with Gasteiger partial charge in [0.2, 0.25) is 0 Å². The van der Waals surface area contributed by atoms with Crippen molar-refractivity contribution in [1.82, 2.24) is 19.9 Å². The molecule has 0 aliphatic heterocycles. The van der Waals surface area contributed by atoms with Gasteiger partial charge in [0.1, 0.15) is 16.1 Å². The lowest BCUT2D eigenvalue weighted by molar-refractivity contribution is -0.0674. The zero-order valence-electron chi connectivity index (χ0n) is 15.9. The van der Waals surface area contributed by atoms with Gasteiger partial charge in [-0.15, -0.1) is 0 Å². The summed E-state index contributed by atoms with van der Waals surface area (Å²) < 4.78 is 30.5. The van der Waals surface area contributed by atoms with Gasteiger partial charge in [0.25, 0.3) is 11.8 Å². The van der Waals surface area contributed by atoms with Crippen LogP contribution in [-0.4, -0.2) is 38.5 Å². The quantitative estimate of drug-likeness (QED) is 0.621. The van der Waals surface area contributed by atoms with Crippen LogP contribution < -0.4 is 11.1 Å². The number of rotatable bonds is 4. The highest BCUT2D eigenvalue weighted by Crippen LogP contribution is 2.41. The van der Waals surface area contributed by atoms with Crippen molar-refractivity contribution in [2.24, 2.45) is 5.73 Å². The minimum Gasteiger partial charge on any atom is -0.340 e. The fourth-order valence-corrected chi connectivity index (χ4v) is 5.10. The number of nitrogens with zero attached hydrogens (tertiary/aromatic N) is 3. The summed E-state index contributed by atoms with van der Waals surface area (Å²) in [6.45, 7) is 0. The molecule has 2 saturated carbocycles. The number of hydrogen-bond donors (Lipinski definition) is 2. The summed E-state index contributed by atoms with van der Waals surface area (Å²) in [6.07, 6.45) is 6.53. The number of fused-ring (bicyclic) bond motifs is 1. The number of amides is 1. The molecule has 3 aromatic rings. The molecule has 0 aromatic carbocycles. The standard InChI is InChI=1S/C20H20ClF2N5OS/c21-17-15(12-8-25-28-9-11(10-3-4-10)5-6-14(12)28)26-19(30-17)18(29)27-16-13(24)2-1-7-20(16,22)23/h5-6,8-10,13,16H,1-4,7,24H2,(H,27,29)/t13-,16+/m0/s1. The van der Waals surface area contributed by atoms with Crippen molar-refractivity contribution in [3.63, 3.8) is 0 Å². The maximum atomic E-state index is 14.2. The van der Waals surface area contributed by atoms with E-state index in [0.717, 1.165) is 16.9 Å². The largest absolute Gasteiger partial charge is 0.340 e. The van der Waals surface area contributed by atoms with Crippen LogP contribution in [0.15, 0.2) is 24.5 Å². The van der Waals surface area contributed by atoms with E-state index in [0.29, 0.717) is 34.4 Å². The lowest BCUT2D eigenvalue weighted by Crippen LogP contribution is -2.59. The van der Waals surface area contributed by atoms with Gasteiger partial charge in [0, 0.05) is 24.2 Å². The topological polar surface area (TPSA) is 85.3 Å². The number of halogens is 3. The number of carbonyl (C=O) groups is 1. The summed E-state index contributed by atoms with van der Waals surface area (Å²) in [5, 5.41) is 6.80. The highest BCUT2D eigenvalue weighted by Gasteiger charge is 2.46. The molecule has 0 spiro atoms. The van der Waals surface area contributed by atoms with Crippen LogP contribution in [0.1, 0.15) is 53.4 Å². The molecular weight excluding hydrogens is 432 g/mol. The number of pyridine rings is 1. The molecule has 2 atom stereocenters. The van der Waals surface area contributed by atoms with Crippen LogP contribution in [0.25, 0.3) is 16.8 Å². The van der Waals surface area contributed by atoms with Crippen molar-refractivity contribution in [2.45, 2.75) is 56.0 Å². The van der Waals surface area contributed by atoms with Gasteiger partial charge in [-0.05, 0) is 43.2 Å². The summed E-state index contributed by atoms with van der Waals surface area (Å²) in [5.74, 6) is -3.13. The van der Waals surface area contributed by atoms with Gasteiger partial charge in [0.15, 0.2) is 5.01 Å². The SMILES string of the molecule is N[C@H]1CCCC(F)(F)[C@@H]1NC(=O)c1nc(-c2cnn3cc(C4CC4)ccc23)c(Cl)s1. The maximum Gasteiger partial charge on any atom is 0.280 e. The molecule has 2 aliphatic carbocycles. The van der Waals surface area contributed by atoms with Crippen molar-refractivity contribution >= 4 is 34.4 Å². The summed E-state index contributed by atoms with van der Waals surface area (Å²) in [4.78, 5) is 17.0. The van der Waals surface area contributed by atoms with Crippen LogP contribution in [0.4, 0.5) is 8.78 Å². The minimum absolute atomic E-state index is 0.0255. The van der Waals surface area contributed by atoms with Crippen molar-refractivity contribution in [3.8, 4) is 11.3 Å². The van der Waals surface area contributed by atoms with E-state index < -0.39 is 23.9 Å². The molecule has 2 aliphatic rings. The summed E-state index contributed by atoms with van der Waals surface area (Å²) in [7, 11) is 0. The Labute approximate surface area is 180 Å². The first-order valence-electron chi connectivity index (χ1n) is 9.92. The van der Waals surface area contributed by atoms with Crippen LogP contribution in [0.2, 0.25) is 4.34 Å². The Morgan fingerprint density at radius 2 is 2.13 bits per heavy atom. The second-order valence-corrected chi connectivity index (χ2v) is 9.64. The number of thiazole rings is 1. The highest BCUT2D eigenvalue weighted by atomic mass is 35.5. The molecule has 3 N–H and O–H groups in total. The van der Waals surface area contributed by atoms with E-state index in [9.17, 15) is 13.6 Å². The fourth-order valence-electron chi connectivity index (χ4n) is 4.03. The molecule has 1 amide bonds. The molecule has 3 aromatic heterocycles. The smallest absolute Gasteiger partial charge is 0.280 e. The molecule has 158 valence electrons. The van der Waals surface area contributed by atoms with Crippen molar-refractivity contribution in [2.75, 3.05) is 0 Å². The van der Waals surface area contributed by atoms with Gasteiger partial charge < -0.3 is 11.1 Å². The van der Waals surface area contributed by atoms with Crippen molar-refractivity contribution in [3.05, 3.63) is 39.4 Å². The molecule has 0 bridgehead atoms. The first kappa shape index (κ1) is 19.8. The molecule has 5 rings (SSSR count). The van der Waals surface area contributed by atoms with Crippen molar-refractivity contribution in [1.29, 1.82) is 0 Å². The Balaban J connectivity index is 1.42. The molecule has 0 unspecified atom stereocenters. The Hall–Kier alpha value is -2.10. The number of carbonyl (C=O) groups excluding carboxylic acids is 1. The Bertz CT molecular complexity index is 1130. The number of aromatic nitrogens is 3. The van der Waals surface area contributed by atoms with Gasteiger partial charge in [-0.25, -0.2) is 18.3 Å². The molecule has 30 heavy (non-hydrogen) atoms. The third-order valence-electron chi connectivity index (χ3n) is 5.84. The van der Waals surface area contributed by atoms with E-state index in [4.69, 9.17) is 17.3 Å². The lowest BCUT2D eigenvalue weighted by Gasteiger charge is -2.36. The first-order valence-corrected chi connectivity index (χ1v) is 11.1. The van der Waals surface area contributed by atoms with E-state index in [1.54, 1.807) is 10.7 Å². The Morgan fingerprint density at radius 1 is 1.33 bits per heavy atom. The van der Waals surface area contributed by atoms with E-state index in [-0.39, 0.29) is 11.4 Å². The molecule has 3 heterocycles. The third kappa shape index (κ3) is 3.48. The zero-order valence-corrected chi connectivity index (χ0v) is 17.5. The van der Waals surface area contributed by atoms with Crippen LogP contribution in [0, 0.1) is 0 Å². The summed E-state index contributed by atoms with van der Waals surface area (Å²) >= 11 is 7.32. The molecule has 2 fully saturated rings. The monoisotopic (exact) mass is 451 g/mol. The normalized spacial score (nSPS) is 23.6. The molecule has 0 saturated heterocycles. The predicted molar refractivity (Wildman–Crippen MR) is 111 cm³/mol. The Kier molecular flexibility index (Phi) is 4.79. The second-order valence-electron chi connectivity index (χ2n) is 8.03. The van der Waals surface area contributed by atoms with Gasteiger partial charge in [-0.3, -0.25) is 4.79 Å². The maximum absolute atomic E-state index is 14.2. The van der Waals surface area contributed by atoms with Crippen molar-refractivity contribution < 1.29 is 13.6 Å². The molecule has 0 radical (unpaired) electrons. The fraction of sp³-hybridized carbons (Fsp3) is 0.450. The van der Waals surface area contributed by atoms with Crippen LogP contribution >= 0.6 is 22.9 Å². The highest BCUT2D eigenvalue weighted by molar-refractivity contribution is 7.18. The number of hydrogen-bond acceptors (Lipinski definition) is 5. The van der Waals surface area contributed by atoms with E-state index >= 15 is 0 Å². The Morgan fingerprint density at radius 3 is 2.87 bits per heavy atom. The molecular formula is C20H20ClF2N5OS. The van der Waals surface area contributed by atoms with Gasteiger partial charge >= 0.3 is 0 Å². The zero-order chi connectivity index (χ0) is 21.0. The van der Waals surface area contributed by atoms with E-state index in [1.807, 2.05) is 12.3 Å². The third-order valence-corrected chi connectivity index (χ3v) is 7.09. The van der Waals surface area contributed by atoms with Crippen LogP contribution in [-0.2, 0) is 0 Å². The van der Waals surface area contributed by atoms with Crippen LogP contribution in [0.5, 0.6) is 0 Å². The summed E-state index contributed by atoms with van der Waals surface area (Å²) in [5.41, 5.74) is 9.01. The summed E-state index contributed by atoms with van der Waals surface area (Å²) in [6, 6.07) is 1.82. The van der Waals surface area contributed by atoms with E-state index in [1.165, 1.54) is 18.4 Å². The number of alkyl halides is 2. The number of nitrogens with one attached hydrogen (secondary N) is 1. The minimum atomic E-state index is -3.04. The second kappa shape index (κ2) is 7.25. The predicted octanol–water partition coefficient (Wildman–Crippen LogP) is 4.23. The lowest BCUT2D eigenvalue weighted by atomic mass is 9.87. The van der Waals surface area contributed by atoms with E-state index in [2.05, 4.69) is 21.5 Å². The number of nitrogens with two attached hydrogens (primary N) is 1. The van der Waals surface area contributed by atoms with Gasteiger partial charge in [0.05, 0.1) is 11.7 Å². The average molecular weight is 452 g/mol. The van der Waals surface area contributed by atoms with Gasteiger partial charge in [-0.2, -0.15) is 5.10 Å². The molecule has 6 nitrogen and oxygen atoms in total.